The zero-order valence-electron chi connectivity index (χ0n) is 12.0. The lowest BCUT2D eigenvalue weighted by Gasteiger charge is -2.38. The normalized spacial score (nSPS) is 24.1. The Hall–Kier alpha value is -0.610. The zero-order chi connectivity index (χ0) is 13.3. The van der Waals surface area contributed by atoms with E-state index in [1.54, 1.807) is 0 Å². The molecule has 2 fully saturated rings. The highest BCUT2D eigenvalue weighted by Crippen LogP contribution is 2.30. The van der Waals surface area contributed by atoms with Gasteiger partial charge in [-0.25, -0.2) is 0 Å². The van der Waals surface area contributed by atoms with E-state index < -0.39 is 0 Å². The molecule has 0 spiro atoms. The molecule has 2 rings (SSSR count). The van der Waals surface area contributed by atoms with Gasteiger partial charge in [0.05, 0.1) is 6.04 Å². The van der Waals surface area contributed by atoms with E-state index in [1.165, 1.54) is 19.4 Å². The van der Waals surface area contributed by atoms with Gasteiger partial charge in [0.15, 0.2) is 0 Å². The molecule has 4 heteroatoms. The largest absolute Gasteiger partial charge is 0.339 e. The van der Waals surface area contributed by atoms with Crippen molar-refractivity contribution in [1.29, 1.82) is 0 Å². The summed E-state index contributed by atoms with van der Waals surface area (Å²) in [6, 6.07) is -0.382. The minimum Gasteiger partial charge on any atom is -0.339 e. The molecule has 1 heterocycles. The number of amides is 1. The molecule has 1 aliphatic carbocycles. The molecule has 1 atom stereocenters. The maximum Gasteiger partial charge on any atom is 0.240 e. The van der Waals surface area contributed by atoms with Gasteiger partial charge in [-0.2, -0.15) is 0 Å². The third-order valence-corrected chi connectivity index (χ3v) is 4.10. The molecule has 104 valence electrons. The lowest BCUT2D eigenvalue weighted by Crippen LogP contribution is -2.56. The number of hydrogen-bond donors (Lipinski definition) is 1. The summed E-state index contributed by atoms with van der Waals surface area (Å²) in [6.45, 7) is 11.0. The minimum atomic E-state index is -0.382. The second kappa shape index (κ2) is 5.17. The van der Waals surface area contributed by atoms with E-state index >= 15 is 0 Å². The van der Waals surface area contributed by atoms with Gasteiger partial charge in [0, 0.05) is 32.7 Å². The Morgan fingerprint density at radius 2 is 1.78 bits per heavy atom. The fourth-order valence-electron chi connectivity index (χ4n) is 2.38. The van der Waals surface area contributed by atoms with Crippen LogP contribution in [0, 0.1) is 11.3 Å². The number of carbonyl (C=O) groups excluding carboxylic acids is 1. The van der Waals surface area contributed by atoms with Gasteiger partial charge >= 0.3 is 0 Å². The summed E-state index contributed by atoms with van der Waals surface area (Å²) >= 11 is 0. The third-order valence-electron chi connectivity index (χ3n) is 4.10. The quantitative estimate of drug-likeness (QED) is 0.813. The monoisotopic (exact) mass is 253 g/mol. The fraction of sp³-hybridized carbons (Fsp3) is 0.929. The van der Waals surface area contributed by atoms with Gasteiger partial charge in [-0.05, 0) is 24.2 Å². The number of piperazine rings is 1. The molecule has 1 amide bonds. The molecule has 1 saturated carbocycles. The SMILES string of the molecule is CC(C)(C)[C@H](N)C(=O)N1CCN(CC2CC2)CC1. The molecule has 2 aliphatic rings. The first kappa shape index (κ1) is 13.8. The number of nitrogens with two attached hydrogens (primary N) is 1. The first-order valence-electron chi connectivity index (χ1n) is 7.14. The van der Waals surface area contributed by atoms with Gasteiger partial charge in [0.25, 0.3) is 0 Å². The number of rotatable bonds is 3. The van der Waals surface area contributed by atoms with Crippen molar-refractivity contribution < 1.29 is 4.79 Å². The van der Waals surface area contributed by atoms with Gasteiger partial charge in [-0.15, -0.1) is 0 Å². The van der Waals surface area contributed by atoms with Gasteiger partial charge in [-0.1, -0.05) is 20.8 Å². The highest BCUT2D eigenvalue weighted by molar-refractivity contribution is 5.82. The predicted octanol–water partition coefficient (Wildman–Crippen LogP) is 0.914. The van der Waals surface area contributed by atoms with Gasteiger partial charge in [0.1, 0.15) is 0 Å². The van der Waals surface area contributed by atoms with Crippen molar-refractivity contribution in [3.05, 3.63) is 0 Å². The maximum absolute atomic E-state index is 12.3. The van der Waals surface area contributed by atoms with Crippen molar-refractivity contribution >= 4 is 5.91 Å². The first-order valence-corrected chi connectivity index (χ1v) is 7.14. The molecule has 4 nitrogen and oxygen atoms in total. The summed E-state index contributed by atoms with van der Waals surface area (Å²) in [6.07, 6.45) is 2.79. The Morgan fingerprint density at radius 1 is 1.22 bits per heavy atom. The van der Waals surface area contributed by atoms with Crippen molar-refractivity contribution in [2.75, 3.05) is 32.7 Å². The topological polar surface area (TPSA) is 49.6 Å². The molecule has 2 N–H and O–H groups in total. The van der Waals surface area contributed by atoms with E-state index in [4.69, 9.17) is 5.73 Å². The Bertz CT molecular complexity index is 299. The molecule has 1 saturated heterocycles. The Morgan fingerprint density at radius 3 is 2.22 bits per heavy atom. The van der Waals surface area contributed by atoms with Crippen molar-refractivity contribution in [2.45, 2.75) is 39.7 Å². The van der Waals surface area contributed by atoms with Crippen LogP contribution in [0.1, 0.15) is 33.6 Å². The average Bonchev–Trinajstić information content (AvgIpc) is 3.11. The average molecular weight is 253 g/mol. The molecule has 0 aromatic carbocycles. The van der Waals surface area contributed by atoms with E-state index in [-0.39, 0.29) is 17.4 Å². The van der Waals surface area contributed by atoms with E-state index in [0.29, 0.717) is 0 Å². The van der Waals surface area contributed by atoms with E-state index in [9.17, 15) is 4.79 Å². The third kappa shape index (κ3) is 3.45. The van der Waals surface area contributed by atoms with Crippen LogP contribution in [0.5, 0.6) is 0 Å². The Kier molecular flexibility index (Phi) is 3.97. The molecule has 0 aromatic heterocycles. The number of nitrogens with zero attached hydrogens (tertiary/aromatic N) is 2. The van der Waals surface area contributed by atoms with E-state index in [0.717, 1.165) is 32.1 Å². The van der Waals surface area contributed by atoms with E-state index in [1.807, 2.05) is 25.7 Å². The number of hydrogen-bond acceptors (Lipinski definition) is 3. The van der Waals surface area contributed by atoms with Gasteiger partial charge in [0.2, 0.25) is 5.91 Å². The summed E-state index contributed by atoms with van der Waals surface area (Å²) in [7, 11) is 0. The molecule has 0 aromatic rings. The molecular weight excluding hydrogens is 226 g/mol. The molecule has 0 radical (unpaired) electrons. The minimum absolute atomic E-state index is 0.119. The highest BCUT2D eigenvalue weighted by Gasteiger charge is 2.33. The van der Waals surface area contributed by atoms with Gasteiger partial charge in [-0.3, -0.25) is 9.69 Å². The van der Waals surface area contributed by atoms with Crippen molar-refractivity contribution in [3.63, 3.8) is 0 Å². The van der Waals surface area contributed by atoms with Crippen molar-refractivity contribution in [1.82, 2.24) is 9.80 Å². The van der Waals surface area contributed by atoms with Crippen LogP contribution in [0.4, 0.5) is 0 Å². The first-order chi connectivity index (χ1) is 8.38. The van der Waals surface area contributed by atoms with E-state index in [2.05, 4.69) is 4.90 Å². The van der Waals surface area contributed by atoms with Crippen LogP contribution in [0.3, 0.4) is 0 Å². The molecule has 1 aliphatic heterocycles. The molecule has 0 bridgehead atoms. The van der Waals surface area contributed by atoms with Crippen LogP contribution in [-0.4, -0.2) is 54.5 Å². The molecule has 18 heavy (non-hydrogen) atoms. The predicted molar refractivity (Wildman–Crippen MR) is 73.2 cm³/mol. The molecule has 0 unspecified atom stereocenters. The van der Waals surface area contributed by atoms with Crippen LogP contribution in [0.2, 0.25) is 0 Å². The second-order valence-electron chi connectivity index (χ2n) is 6.91. The summed E-state index contributed by atoms with van der Waals surface area (Å²) in [5.74, 6) is 1.05. The summed E-state index contributed by atoms with van der Waals surface area (Å²) in [5.41, 5.74) is 5.90. The zero-order valence-corrected chi connectivity index (χ0v) is 12.0. The Balaban J connectivity index is 1.79. The van der Waals surface area contributed by atoms with Gasteiger partial charge < -0.3 is 10.6 Å². The van der Waals surface area contributed by atoms with Crippen LogP contribution < -0.4 is 5.73 Å². The lowest BCUT2D eigenvalue weighted by molar-refractivity contribution is -0.136. The van der Waals surface area contributed by atoms with Crippen LogP contribution in [0.15, 0.2) is 0 Å². The maximum atomic E-state index is 12.3. The summed E-state index contributed by atoms with van der Waals surface area (Å²) < 4.78 is 0. The van der Waals surface area contributed by atoms with Crippen LogP contribution in [0.25, 0.3) is 0 Å². The van der Waals surface area contributed by atoms with Crippen LogP contribution >= 0.6 is 0 Å². The summed E-state index contributed by atoms with van der Waals surface area (Å²) in [5, 5.41) is 0. The smallest absolute Gasteiger partial charge is 0.240 e. The van der Waals surface area contributed by atoms with Crippen molar-refractivity contribution in [2.24, 2.45) is 17.1 Å². The Labute approximate surface area is 110 Å². The van der Waals surface area contributed by atoms with Crippen LogP contribution in [-0.2, 0) is 4.79 Å². The highest BCUT2D eigenvalue weighted by atomic mass is 16.2. The standard InChI is InChI=1S/C14H27N3O/c1-14(2,3)12(15)13(18)17-8-6-16(7-9-17)10-11-4-5-11/h11-12H,4-10,15H2,1-3H3/t12-/m1/s1. The second-order valence-corrected chi connectivity index (χ2v) is 6.91. The summed E-state index contributed by atoms with van der Waals surface area (Å²) in [4.78, 5) is 16.7. The van der Waals surface area contributed by atoms with Crippen molar-refractivity contribution in [3.8, 4) is 0 Å². The fourth-order valence-corrected chi connectivity index (χ4v) is 2.38. The number of carbonyl (C=O) groups is 1. The molecular formula is C14H27N3O. The lowest BCUT2D eigenvalue weighted by atomic mass is 9.86.